The SMILES string of the molecule is CC(NC(=O)CN1C(=O)C2C3C=CC(C3)C2C1=O)c1ccc(F)cc1F. The number of fused-ring (bicyclic) bond motifs is 5. The maximum absolute atomic E-state index is 13.8. The van der Waals surface area contributed by atoms with Crippen molar-refractivity contribution in [3.8, 4) is 0 Å². The van der Waals surface area contributed by atoms with Crippen molar-refractivity contribution in [2.75, 3.05) is 6.54 Å². The van der Waals surface area contributed by atoms with Gasteiger partial charge in [-0.15, -0.1) is 0 Å². The Bertz CT molecular complexity index is 808. The fourth-order valence-corrected chi connectivity index (χ4v) is 4.48. The molecule has 1 saturated heterocycles. The maximum Gasteiger partial charge on any atom is 0.240 e. The van der Waals surface area contributed by atoms with Gasteiger partial charge in [0.25, 0.3) is 0 Å². The molecule has 0 aromatic heterocycles. The first-order valence-electron chi connectivity index (χ1n) is 8.64. The van der Waals surface area contributed by atoms with Crippen molar-refractivity contribution in [1.29, 1.82) is 0 Å². The van der Waals surface area contributed by atoms with Gasteiger partial charge in [0.2, 0.25) is 17.7 Å². The molecule has 1 aromatic rings. The zero-order chi connectivity index (χ0) is 18.6. The number of nitrogens with zero attached hydrogens (tertiary/aromatic N) is 1. The highest BCUT2D eigenvalue weighted by Crippen LogP contribution is 2.52. The number of carbonyl (C=O) groups excluding carboxylic acids is 3. The summed E-state index contributed by atoms with van der Waals surface area (Å²) in [6.45, 7) is 1.18. The maximum atomic E-state index is 13.8. The third kappa shape index (κ3) is 2.53. The molecular formula is C19H18F2N2O3. The van der Waals surface area contributed by atoms with Crippen LogP contribution in [0.2, 0.25) is 0 Å². The van der Waals surface area contributed by atoms with Crippen LogP contribution in [0.25, 0.3) is 0 Å². The van der Waals surface area contributed by atoms with Crippen molar-refractivity contribution < 1.29 is 23.2 Å². The Labute approximate surface area is 149 Å². The molecule has 1 N–H and O–H groups in total. The summed E-state index contributed by atoms with van der Waals surface area (Å²) in [5, 5.41) is 2.57. The summed E-state index contributed by atoms with van der Waals surface area (Å²) in [4.78, 5) is 38.4. The summed E-state index contributed by atoms with van der Waals surface area (Å²) in [6, 6.07) is 2.40. The van der Waals surface area contributed by atoms with E-state index in [1.54, 1.807) is 6.92 Å². The molecule has 1 aliphatic heterocycles. The molecule has 1 saturated carbocycles. The van der Waals surface area contributed by atoms with Crippen LogP contribution >= 0.6 is 0 Å². The van der Waals surface area contributed by atoms with Gasteiger partial charge in [-0.2, -0.15) is 0 Å². The van der Waals surface area contributed by atoms with Crippen LogP contribution in [0.3, 0.4) is 0 Å². The van der Waals surface area contributed by atoms with Crippen molar-refractivity contribution in [2.24, 2.45) is 23.7 Å². The van der Waals surface area contributed by atoms with Crippen LogP contribution in [-0.4, -0.2) is 29.2 Å². The van der Waals surface area contributed by atoms with E-state index in [0.29, 0.717) is 0 Å². The number of imide groups is 1. The number of allylic oxidation sites excluding steroid dienone is 2. The van der Waals surface area contributed by atoms with E-state index in [0.717, 1.165) is 23.5 Å². The van der Waals surface area contributed by atoms with Crippen LogP contribution in [0, 0.1) is 35.3 Å². The highest BCUT2D eigenvalue weighted by atomic mass is 19.1. The van der Waals surface area contributed by atoms with Crippen molar-refractivity contribution in [2.45, 2.75) is 19.4 Å². The number of nitrogens with one attached hydrogen (secondary N) is 1. The predicted octanol–water partition coefficient (Wildman–Crippen LogP) is 1.95. The van der Waals surface area contributed by atoms with Crippen molar-refractivity contribution in [3.63, 3.8) is 0 Å². The normalized spacial score (nSPS) is 30.0. The zero-order valence-corrected chi connectivity index (χ0v) is 14.1. The molecule has 5 atom stereocenters. The van der Waals surface area contributed by atoms with Gasteiger partial charge in [-0.3, -0.25) is 19.3 Å². The average Bonchev–Trinajstić information content (AvgIpc) is 3.24. The number of hydrogen-bond acceptors (Lipinski definition) is 3. The van der Waals surface area contributed by atoms with Crippen LogP contribution < -0.4 is 5.32 Å². The molecule has 0 radical (unpaired) electrons. The first-order chi connectivity index (χ1) is 12.4. The number of amides is 3. The number of halogens is 2. The highest BCUT2D eigenvalue weighted by Gasteiger charge is 2.59. The summed E-state index contributed by atoms with van der Waals surface area (Å²) < 4.78 is 26.8. The lowest BCUT2D eigenvalue weighted by atomic mass is 9.85. The quantitative estimate of drug-likeness (QED) is 0.659. The van der Waals surface area contributed by atoms with Gasteiger partial charge >= 0.3 is 0 Å². The topological polar surface area (TPSA) is 66.5 Å². The predicted molar refractivity (Wildman–Crippen MR) is 87.4 cm³/mol. The number of rotatable bonds is 4. The Morgan fingerprint density at radius 3 is 2.38 bits per heavy atom. The van der Waals surface area contributed by atoms with Gasteiger partial charge in [0.05, 0.1) is 17.9 Å². The second kappa shape index (κ2) is 6.00. The van der Waals surface area contributed by atoms with E-state index in [-0.39, 0.29) is 47.6 Å². The van der Waals surface area contributed by atoms with Crippen molar-refractivity contribution >= 4 is 17.7 Å². The molecule has 1 aromatic carbocycles. The smallest absolute Gasteiger partial charge is 0.240 e. The summed E-state index contributed by atoms with van der Waals surface area (Å²) in [5.74, 6) is -3.14. The molecule has 3 aliphatic rings. The molecule has 2 fully saturated rings. The minimum Gasteiger partial charge on any atom is -0.348 e. The molecule has 0 spiro atoms. The van der Waals surface area contributed by atoms with Crippen molar-refractivity contribution in [3.05, 3.63) is 47.5 Å². The minimum absolute atomic E-state index is 0.0849. The average molecular weight is 360 g/mol. The number of benzene rings is 1. The Morgan fingerprint density at radius 1 is 1.19 bits per heavy atom. The number of likely N-dealkylation sites (tertiary alicyclic amines) is 1. The molecule has 136 valence electrons. The Morgan fingerprint density at radius 2 is 1.81 bits per heavy atom. The molecule has 4 rings (SSSR count). The molecule has 26 heavy (non-hydrogen) atoms. The van der Waals surface area contributed by atoms with Gasteiger partial charge in [-0.1, -0.05) is 18.2 Å². The Balaban J connectivity index is 1.42. The van der Waals surface area contributed by atoms with Gasteiger partial charge in [0.1, 0.15) is 18.2 Å². The highest BCUT2D eigenvalue weighted by molar-refractivity contribution is 6.08. The van der Waals surface area contributed by atoms with E-state index in [4.69, 9.17) is 0 Å². The van der Waals surface area contributed by atoms with Crippen LogP contribution in [-0.2, 0) is 14.4 Å². The second-order valence-electron chi connectivity index (χ2n) is 7.22. The van der Waals surface area contributed by atoms with E-state index >= 15 is 0 Å². The van der Waals surface area contributed by atoms with Gasteiger partial charge < -0.3 is 5.32 Å². The van der Waals surface area contributed by atoms with E-state index in [1.165, 1.54) is 6.07 Å². The lowest BCUT2D eigenvalue weighted by Crippen LogP contribution is -2.42. The van der Waals surface area contributed by atoms with Crippen LogP contribution in [0.1, 0.15) is 24.9 Å². The number of hydrogen-bond donors (Lipinski definition) is 1. The third-order valence-electron chi connectivity index (χ3n) is 5.67. The van der Waals surface area contributed by atoms with E-state index < -0.39 is 23.6 Å². The fraction of sp³-hybridized carbons (Fsp3) is 0.421. The van der Waals surface area contributed by atoms with Gasteiger partial charge in [0, 0.05) is 11.6 Å². The molecular weight excluding hydrogens is 342 g/mol. The van der Waals surface area contributed by atoms with E-state index in [1.807, 2.05) is 12.2 Å². The van der Waals surface area contributed by atoms with Gasteiger partial charge in [0.15, 0.2) is 0 Å². The van der Waals surface area contributed by atoms with Gasteiger partial charge in [-0.05, 0) is 31.2 Å². The molecule has 2 bridgehead atoms. The first-order valence-corrected chi connectivity index (χ1v) is 8.64. The lowest BCUT2D eigenvalue weighted by Gasteiger charge is -2.19. The van der Waals surface area contributed by atoms with E-state index in [9.17, 15) is 23.2 Å². The van der Waals surface area contributed by atoms with E-state index in [2.05, 4.69) is 5.32 Å². The molecule has 5 nitrogen and oxygen atoms in total. The molecule has 5 unspecified atom stereocenters. The summed E-state index contributed by atoms with van der Waals surface area (Å²) >= 11 is 0. The van der Waals surface area contributed by atoms with Crippen LogP contribution in [0.5, 0.6) is 0 Å². The van der Waals surface area contributed by atoms with Gasteiger partial charge in [-0.25, -0.2) is 8.78 Å². The number of carbonyl (C=O) groups is 3. The monoisotopic (exact) mass is 360 g/mol. The molecule has 3 amide bonds. The Hall–Kier alpha value is -2.57. The Kier molecular flexibility index (Phi) is 3.89. The first kappa shape index (κ1) is 16.9. The van der Waals surface area contributed by atoms with Crippen molar-refractivity contribution in [1.82, 2.24) is 10.2 Å². The van der Waals surface area contributed by atoms with Crippen LogP contribution in [0.4, 0.5) is 8.78 Å². The molecule has 1 heterocycles. The zero-order valence-electron chi connectivity index (χ0n) is 14.1. The standard InChI is InChI=1S/C19H18F2N2O3/c1-9(13-5-4-12(20)7-14(13)21)22-15(24)8-23-18(25)16-10-2-3-11(6-10)17(16)19(23)26/h2-5,7,9-11,16-17H,6,8H2,1H3,(H,22,24). The third-order valence-corrected chi connectivity index (χ3v) is 5.67. The van der Waals surface area contributed by atoms with Crippen LogP contribution in [0.15, 0.2) is 30.4 Å². The fourth-order valence-electron chi connectivity index (χ4n) is 4.48. The second-order valence-corrected chi connectivity index (χ2v) is 7.22. The largest absolute Gasteiger partial charge is 0.348 e. The molecule has 2 aliphatic carbocycles. The molecule has 7 heteroatoms. The lowest BCUT2D eigenvalue weighted by molar-refractivity contribution is -0.144. The minimum atomic E-state index is -0.761. The summed E-state index contributed by atoms with van der Waals surface area (Å²) in [6.07, 6.45) is 4.80. The summed E-state index contributed by atoms with van der Waals surface area (Å²) in [7, 11) is 0. The summed E-state index contributed by atoms with van der Waals surface area (Å²) in [5.41, 5.74) is 0.137.